The van der Waals surface area contributed by atoms with Crippen LogP contribution in [-0.2, 0) is 16.4 Å². The minimum atomic E-state index is -3.43. The third-order valence-electron chi connectivity index (χ3n) is 6.57. The third-order valence-corrected chi connectivity index (χ3v) is 7.25. The van der Waals surface area contributed by atoms with Crippen molar-refractivity contribution in [2.75, 3.05) is 26.5 Å². The standard InChI is InChI=1S/C24H31N3O4S/c1-4-25-23(28)27-16-24(13-14-24)22(26-32(3,29)30)20(27)15-18-11-8-12-19(21(18)31-2)17-9-6-5-7-10-17/h5-12,20,22,26H,4,13-16H2,1-3H3,(H,25,28). The first kappa shape index (κ1) is 22.6. The normalized spacial score (nSPS) is 21.5. The highest BCUT2D eigenvalue weighted by molar-refractivity contribution is 7.88. The lowest BCUT2D eigenvalue weighted by molar-refractivity contribution is 0.189. The van der Waals surface area contributed by atoms with Gasteiger partial charge in [-0.3, -0.25) is 0 Å². The first-order chi connectivity index (χ1) is 15.3. The van der Waals surface area contributed by atoms with Gasteiger partial charge in [-0.1, -0.05) is 48.5 Å². The Balaban J connectivity index is 1.73. The number of hydrogen-bond acceptors (Lipinski definition) is 4. The lowest BCUT2D eigenvalue weighted by atomic mass is 9.91. The van der Waals surface area contributed by atoms with Gasteiger partial charge >= 0.3 is 6.03 Å². The van der Waals surface area contributed by atoms with Gasteiger partial charge in [-0.2, -0.15) is 0 Å². The Morgan fingerprint density at radius 2 is 1.88 bits per heavy atom. The predicted molar refractivity (Wildman–Crippen MR) is 125 cm³/mol. The molecule has 0 bridgehead atoms. The van der Waals surface area contributed by atoms with Gasteiger partial charge in [-0.15, -0.1) is 0 Å². The van der Waals surface area contributed by atoms with E-state index in [0.717, 1.165) is 35.3 Å². The first-order valence-corrected chi connectivity index (χ1v) is 12.9. The summed E-state index contributed by atoms with van der Waals surface area (Å²) in [7, 11) is -1.78. The van der Waals surface area contributed by atoms with Crippen LogP contribution in [0.4, 0.5) is 4.79 Å². The second-order valence-electron chi connectivity index (χ2n) is 8.83. The average Bonchev–Trinajstić information content (AvgIpc) is 3.49. The molecule has 172 valence electrons. The number of benzene rings is 2. The van der Waals surface area contributed by atoms with Crippen LogP contribution < -0.4 is 14.8 Å². The molecule has 0 radical (unpaired) electrons. The zero-order valence-electron chi connectivity index (χ0n) is 18.8. The van der Waals surface area contributed by atoms with Gasteiger partial charge in [0, 0.05) is 30.1 Å². The molecule has 1 aliphatic heterocycles. The molecule has 1 spiro atoms. The number of rotatable bonds is 7. The Hall–Kier alpha value is -2.58. The van der Waals surface area contributed by atoms with Crippen LogP contribution >= 0.6 is 0 Å². The van der Waals surface area contributed by atoms with E-state index in [0.29, 0.717) is 19.5 Å². The van der Waals surface area contributed by atoms with Gasteiger partial charge in [0.05, 0.1) is 19.4 Å². The van der Waals surface area contributed by atoms with Gasteiger partial charge in [0.25, 0.3) is 0 Å². The van der Waals surface area contributed by atoms with Crippen molar-refractivity contribution in [2.45, 2.75) is 38.3 Å². The topological polar surface area (TPSA) is 87.7 Å². The number of amides is 2. The Labute approximate surface area is 190 Å². The summed E-state index contributed by atoms with van der Waals surface area (Å²) in [5.74, 6) is 0.754. The van der Waals surface area contributed by atoms with Gasteiger partial charge in [0.1, 0.15) is 5.75 Å². The maximum Gasteiger partial charge on any atom is 0.317 e. The molecule has 1 saturated heterocycles. The van der Waals surface area contributed by atoms with Crippen molar-refractivity contribution < 1.29 is 17.9 Å². The lowest BCUT2D eigenvalue weighted by Crippen LogP contribution is -2.51. The van der Waals surface area contributed by atoms with Gasteiger partial charge in [-0.25, -0.2) is 17.9 Å². The zero-order chi connectivity index (χ0) is 22.9. The molecule has 7 nitrogen and oxygen atoms in total. The molecule has 1 heterocycles. The van der Waals surface area contributed by atoms with Crippen LogP contribution in [0, 0.1) is 5.41 Å². The summed E-state index contributed by atoms with van der Waals surface area (Å²) in [6.07, 6.45) is 3.50. The van der Waals surface area contributed by atoms with E-state index >= 15 is 0 Å². The van der Waals surface area contributed by atoms with E-state index in [1.165, 1.54) is 6.26 Å². The molecule has 2 unspecified atom stereocenters. The van der Waals surface area contributed by atoms with E-state index in [4.69, 9.17) is 4.74 Å². The van der Waals surface area contributed by atoms with E-state index in [1.807, 2.05) is 60.4 Å². The largest absolute Gasteiger partial charge is 0.496 e. The van der Waals surface area contributed by atoms with Crippen molar-refractivity contribution in [3.8, 4) is 16.9 Å². The Bertz CT molecular complexity index is 1080. The molecular weight excluding hydrogens is 426 g/mol. The van der Waals surface area contributed by atoms with E-state index < -0.39 is 10.0 Å². The van der Waals surface area contributed by atoms with Gasteiger partial charge in [-0.05, 0) is 37.3 Å². The number of likely N-dealkylation sites (tertiary alicyclic amines) is 1. The Morgan fingerprint density at radius 3 is 2.47 bits per heavy atom. The number of carbonyl (C=O) groups excluding carboxylic acids is 1. The molecule has 2 N–H and O–H groups in total. The minimum absolute atomic E-state index is 0.153. The molecule has 8 heteroatoms. The van der Waals surface area contributed by atoms with Crippen molar-refractivity contribution in [2.24, 2.45) is 5.41 Å². The highest BCUT2D eigenvalue weighted by atomic mass is 32.2. The van der Waals surface area contributed by atoms with Crippen LogP contribution in [0.1, 0.15) is 25.3 Å². The smallest absolute Gasteiger partial charge is 0.317 e. The van der Waals surface area contributed by atoms with Gasteiger partial charge < -0.3 is 15.0 Å². The Kier molecular flexibility index (Phi) is 6.18. The Morgan fingerprint density at radius 1 is 1.16 bits per heavy atom. The molecule has 2 fully saturated rings. The highest BCUT2D eigenvalue weighted by Crippen LogP contribution is 2.55. The molecule has 2 aliphatic rings. The number of sulfonamides is 1. The van der Waals surface area contributed by atoms with E-state index in [-0.39, 0.29) is 23.5 Å². The first-order valence-electron chi connectivity index (χ1n) is 11.0. The molecule has 2 aromatic rings. The quantitative estimate of drug-likeness (QED) is 0.669. The fourth-order valence-electron chi connectivity index (χ4n) is 4.97. The molecule has 2 amide bonds. The second kappa shape index (κ2) is 8.75. The van der Waals surface area contributed by atoms with E-state index in [1.54, 1.807) is 7.11 Å². The van der Waals surface area contributed by atoms with Crippen LogP contribution in [0.15, 0.2) is 48.5 Å². The second-order valence-corrected chi connectivity index (χ2v) is 10.6. The third kappa shape index (κ3) is 4.47. The summed E-state index contributed by atoms with van der Waals surface area (Å²) in [6, 6.07) is 15.2. The van der Waals surface area contributed by atoms with Crippen LogP contribution in [0.3, 0.4) is 0 Å². The number of nitrogens with zero attached hydrogens (tertiary/aromatic N) is 1. The predicted octanol–water partition coefficient (Wildman–Crippen LogP) is 3.02. The molecule has 32 heavy (non-hydrogen) atoms. The molecule has 1 saturated carbocycles. The molecule has 2 atom stereocenters. The van der Waals surface area contributed by atoms with E-state index in [2.05, 4.69) is 10.0 Å². The number of urea groups is 1. The average molecular weight is 458 g/mol. The van der Waals surface area contributed by atoms with Crippen LogP contribution in [0.25, 0.3) is 11.1 Å². The van der Waals surface area contributed by atoms with Crippen molar-refractivity contribution in [1.82, 2.24) is 14.9 Å². The number of nitrogens with one attached hydrogen (secondary N) is 2. The maximum absolute atomic E-state index is 12.9. The van der Waals surface area contributed by atoms with Gasteiger partial charge in [0.2, 0.25) is 10.0 Å². The van der Waals surface area contributed by atoms with E-state index in [9.17, 15) is 13.2 Å². The van der Waals surface area contributed by atoms with Crippen LogP contribution in [-0.4, -0.2) is 57.9 Å². The molecular formula is C24H31N3O4S. The summed E-state index contributed by atoms with van der Waals surface area (Å²) in [4.78, 5) is 14.7. The van der Waals surface area contributed by atoms with Crippen LogP contribution in [0.2, 0.25) is 0 Å². The number of hydrogen-bond donors (Lipinski definition) is 2. The monoisotopic (exact) mass is 457 g/mol. The van der Waals surface area contributed by atoms with Crippen molar-refractivity contribution in [3.05, 3.63) is 54.1 Å². The van der Waals surface area contributed by atoms with Crippen molar-refractivity contribution in [3.63, 3.8) is 0 Å². The fraction of sp³-hybridized carbons (Fsp3) is 0.458. The molecule has 2 aromatic carbocycles. The fourth-order valence-corrected chi connectivity index (χ4v) is 5.84. The number of methoxy groups -OCH3 is 1. The minimum Gasteiger partial charge on any atom is -0.496 e. The van der Waals surface area contributed by atoms with Crippen molar-refractivity contribution in [1.29, 1.82) is 0 Å². The maximum atomic E-state index is 12.9. The zero-order valence-corrected chi connectivity index (χ0v) is 19.6. The summed E-state index contributed by atoms with van der Waals surface area (Å²) < 4.78 is 33.1. The summed E-state index contributed by atoms with van der Waals surface area (Å²) in [5, 5.41) is 2.90. The summed E-state index contributed by atoms with van der Waals surface area (Å²) in [5.41, 5.74) is 2.78. The molecule has 4 rings (SSSR count). The molecule has 1 aliphatic carbocycles. The SMILES string of the molecule is CCNC(=O)N1CC2(CC2)C(NS(C)(=O)=O)C1Cc1cccc(-c2ccccc2)c1OC. The number of ether oxygens (including phenoxy) is 1. The molecule has 0 aromatic heterocycles. The number of carbonyl (C=O) groups is 1. The van der Waals surface area contributed by atoms with Crippen LogP contribution in [0.5, 0.6) is 5.75 Å². The number of para-hydroxylation sites is 1. The highest BCUT2D eigenvalue weighted by Gasteiger charge is 2.61. The van der Waals surface area contributed by atoms with Crippen molar-refractivity contribution >= 4 is 16.1 Å². The van der Waals surface area contributed by atoms with Gasteiger partial charge in [0.15, 0.2) is 0 Å². The summed E-state index contributed by atoms with van der Waals surface area (Å²) in [6.45, 7) is 2.96. The lowest BCUT2D eigenvalue weighted by Gasteiger charge is -2.30. The summed E-state index contributed by atoms with van der Waals surface area (Å²) >= 11 is 0.